The molecule has 0 saturated heterocycles. The Morgan fingerprint density at radius 2 is 1.83 bits per heavy atom. The molecule has 2 N–H and O–H groups in total. The van der Waals surface area contributed by atoms with E-state index in [9.17, 15) is 18.4 Å². The summed E-state index contributed by atoms with van der Waals surface area (Å²) in [6.07, 6.45) is 5.81. The van der Waals surface area contributed by atoms with E-state index >= 15 is 0 Å². The number of rotatable bonds is 7. The molecule has 2 aromatic rings. The van der Waals surface area contributed by atoms with Crippen molar-refractivity contribution in [1.82, 2.24) is 0 Å². The number of nitrogens with two attached hydrogens (primary N) is 1. The van der Waals surface area contributed by atoms with Crippen molar-refractivity contribution in [2.75, 3.05) is 0 Å². The van der Waals surface area contributed by atoms with Crippen LogP contribution in [0.1, 0.15) is 48.9 Å². The third-order valence-electron chi connectivity index (χ3n) is 5.04. The molecule has 154 valence electrons. The van der Waals surface area contributed by atoms with Crippen molar-refractivity contribution in [3.63, 3.8) is 0 Å². The van der Waals surface area contributed by atoms with Gasteiger partial charge >= 0.3 is 12.6 Å². The molecular formula is C22H23F2NO4. The molecule has 3 rings (SSSR count). The van der Waals surface area contributed by atoms with Crippen molar-refractivity contribution >= 4 is 11.9 Å². The first-order valence-corrected chi connectivity index (χ1v) is 9.62. The van der Waals surface area contributed by atoms with Crippen molar-refractivity contribution in [3.8, 4) is 22.6 Å². The summed E-state index contributed by atoms with van der Waals surface area (Å²) in [6.45, 7) is -3.02. The van der Waals surface area contributed by atoms with Gasteiger partial charge in [0.2, 0.25) is 5.91 Å². The number of ether oxygens (including phenoxy) is 2. The Morgan fingerprint density at radius 1 is 1.07 bits per heavy atom. The molecule has 0 spiro atoms. The summed E-state index contributed by atoms with van der Waals surface area (Å²) in [5.74, 6) is -0.528. The molecule has 5 nitrogen and oxygen atoms in total. The summed E-state index contributed by atoms with van der Waals surface area (Å²) < 4.78 is 35.7. The van der Waals surface area contributed by atoms with Crippen molar-refractivity contribution in [2.45, 2.75) is 45.1 Å². The molecule has 1 amide bonds. The summed E-state index contributed by atoms with van der Waals surface area (Å²) >= 11 is 0. The van der Waals surface area contributed by atoms with Gasteiger partial charge in [0, 0.05) is 17.5 Å². The Hall–Kier alpha value is -2.96. The Kier molecular flexibility index (Phi) is 6.80. The third-order valence-corrected chi connectivity index (χ3v) is 5.04. The standard InChI is InChI=1S/C22H23F2NO4/c23-22(24)29-19-10-9-17(28-20(26)11-14-5-2-1-3-6-14)13-18(19)15-7-4-8-16(12-15)21(25)27/h4,7-10,12-14,22H,1-3,5-6,11H2,(H2,25,27). The van der Waals surface area contributed by atoms with Crippen LogP contribution in [0.25, 0.3) is 11.1 Å². The van der Waals surface area contributed by atoms with Gasteiger partial charge in [-0.05, 0) is 54.7 Å². The summed E-state index contributed by atoms with van der Waals surface area (Å²) in [5.41, 5.74) is 6.25. The summed E-state index contributed by atoms with van der Waals surface area (Å²) in [5, 5.41) is 0. The van der Waals surface area contributed by atoms with Gasteiger partial charge in [-0.2, -0.15) is 8.78 Å². The van der Waals surface area contributed by atoms with Gasteiger partial charge in [0.15, 0.2) is 0 Å². The van der Waals surface area contributed by atoms with E-state index in [0.29, 0.717) is 17.9 Å². The SMILES string of the molecule is NC(=O)c1cccc(-c2cc(OC(=O)CC3CCCCC3)ccc2OC(F)F)c1. The fraction of sp³-hybridized carbons (Fsp3) is 0.364. The van der Waals surface area contributed by atoms with E-state index in [1.54, 1.807) is 12.1 Å². The third kappa shape index (κ3) is 5.76. The molecule has 0 aliphatic heterocycles. The van der Waals surface area contributed by atoms with Gasteiger partial charge in [0.05, 0.1) is 0 Å². The molecule has 0 aromatic heterocycles. The van der Waals surface area contributed by atoms with Crippen LogP contribution < -0.4 is 15.2 Å². The quantitative estimate of drug-likeness (QED) is 0.525. The highest BCUT2D eigenvalue weighted by molar-refractivity contribution is 5.94. The van der Waals surface area contributed by atoms with Crippen LogP contribution in [-0.4, -0.2) is 18.5 Å². The zero-order chi connectivity index (χ0) is 20.8. The lowest BCUT2D eigenvalue weighted by atomic mass is 9.87. The van der Waals surface area contributed by atoms with Crippen LogP contribution in [0.2, 0.25) is 0 Å². The second-order valence-corrected chi connectivity index (χ2v) is 7.16. The predicted octanol–water partition coefficient (Wildman–Crippen LogP) is 4.93. The Morgan fingerprint density at radius 3 is 2.52 bits per heavy atom. The van der Waals surface area contributed by atoms with Crippen molar-refractivity contribution in [1.29, 1.82) is 0 Å². The van der Waals surface area contributed by atoms with E-state index in [1.807, 2.05) is 0 Å². The minimum Gasteiger partial charge on any atom is -0.434 e. The lowest BCUT2D eigenvalue weighted by molar-refractivity contribution is -0.135. The lowest BCUT2D eigenvalue weighted by Gasteiger charge is -2.20. The Labute approximate surface area is 167 Å². The van der Waals surface area contributed by atoms with E-state index in [0.717, 1.165) is 25.7 Å². The Balaban J connectivity index is 1.84. The molecule has 1 saturated carbocycles. The first-order valence-electron chi connectivity index (χ1n) is 9.62. The van der Waals surface area contributed by atoms with Gasteiger partial charge in [-0.15, -0.1) is 0 Å². The zero-order valence-electron chi connectivity index (χ0n) is 15.9. The van der Waals surface area contributed by atoms with E-state index in [-0.39, 0.29) is 28.6 Å². The Bertz CT molecular complexity index is 879. The first-order chi connectivity index (χ1) is 13.9. The minimum absolute atomic E-state index is 0.0892. The molecule has 2 aromatic carbocycles. The van der Waals surface area contributed by atoms with E-state index in [2.05, 4.69) is 4.74 Å². The van der Waals surface area contributed by atoms with Gasteiger partial charge in [0.1, 0.15) is 11.5 Å². The summed E-state index contributed by atoms with van der Waals surface area (Å²) in [7, 11) is 0. The van der Waals surface area contributed by atoms with Gasteiger partial charge < -0.3 is 15.2 Å². The van der Waals surface area contributed by atoms with E-state index in [4.69, 9.17) is 10.5 Å². The number of alkyl halides is 2. The van der Waals surface area contributed by atoms with Crippen LogP contribution in [0.5, 0.6) is 11.5 Å². The number of carbonyl (C=O) groups excluding carboxylic acids is 2. The van der Waals surface area contributed by atoms with Crippen LogP contribution in [0.4, 0.5) is 8.78 Å². The fourth-order valence-electron chi connectivity index (χ4n) is 3.64. The molecular weight excluding hydrogens is 380 g/mol. The number of amides is 1. The van der Waals surface area contributed by atoms with Crippen LogP contribution in [-0.2, 0) is 4.79 Å². The molecule has 7 heteroatoms. The van der Waals surface area contributed by atoms with Crippen LogP contribution in [0.3, 0.4) is 0 Å². The largest absolute Gasteiger partial charge is 0.434 e. The maximum Gasteiger partial charge on any atom is 0.387 e. The summed E-state index contributed by atoms with van der Waals surface area (Å²) in [4.78, 5) is 23.8. The molecule has 0 unspecified atom stereocenters. The number of carbonyl (C=O) groups is 2. The van der Waals surface area contributed by atoms with Gasteiger partial charge in [-0.3, -0.25) is 9.59 Å². The van der Waals surface area contributed by atoms with Gasteiger partial charge in [0.25, 0.3) is 0 Å². The molecule has 1 aliphatic rings. The molecule has 0 atom stereocenters. The monoisotopic (exact) mass is 403 g/mol. The van der Waals surface area contributed by atoms with Crippen molar-refractivity contribution in [2.24, 2.45) is 11.7 Å². The maximum atomic E-state index is 12.8. The second kappa shape index (κ2) is 9.49. The molecule has 1 fully saturated rings. The van der Waals surface area contributed by atoms with E-state index < -0.39 is 12.5 Å². The van der Waals surface area contributed by atoms with Gasteiger partial charge in [-0.25, -0.2) is 0 Å². The number of halogens is 2. The molecule has 0 heterocycles. The van der Waals surface area contributed by atoms with Gasteiger partial charge in [-0.1, -0.05) is 31.4 Å². The number of esters is 1. The topological polar surface area (TPSA) is 78.6 Å². The highest BCUT2D eigenvalue weighted by atomic mass is 19.3. The normalized spacial score (nSPS) is 14.6. The smallest absolute Gasteiger partial charge is 0.387 e. The lowest BCUT2D eigenvalue weighted by Crippen LogP contribution is -2.16. The highest BCUT2D eigenvalue weighted by Gasteiger charge is 2.19. The molecule has 1 aliphatic carbocycles. The number of hydrogen-bond donors (Lipinski definition) is 1. The predicted molar refractivity (Wildman–Crippen MR) is 104 cm³/mol. The number of benzene rings is 2. The number of primary amides is 1. The minimum atomic E-state index is -3.02. The van der Waals surface area contributed by atoms with Crippen LogP contribution >= 0.6 is 0 Å². The van der Waals surface area contributed by atoms with E-state index in [1.165, 1.54) is 36.8 Å². The second-order valence-electron chi connectivity index (χ2n) is 7.16. The van der Waals surface area contributed by atoms with Crippen LogP contribution in [0, 0.1) is 5.92 Å². The average Bonchev–Trinajstić information content (AvgIpc) is 2.69. The highest BCUT2D eigenvalue weighted by Crippen LogP contribution is 2.35. The molecule has 0 bridgehead atoms. The fourth-order valence-corrected chi connectivity index (χ4v) is 3.64. The molecule has 0 radical (unpaired) electrons. The zero-order valence-corrected chi connectivity index (χ0v) is 15.9. The maximum absolute atomic E-state index is 12.8. The molecule has 29 heavy (non-hydrogen) atoms. The van der Waals surface area contributed by atoms with Crippen molar-refractivity contribution in [3.05, 3.63) is 48.0 Å². The average molecular weight is 403 g/mol. The number of hydrogen-bond acceptors (Lipinski definition) is 4. The summed E-state index contributed by atoms with van der Waals surface area (Å²) in [6, 6.07) is 10.4. The van der Waals surface area contributed by atoms with Crippen LogP contribution in [0.15, 0.2) is 42.5 Å². The first kappa shape index (κ1) is 20.8. The van der Waals surface area contributed by atoms with Crippen molar-refractivity contribution < 1.29 is 27.8 Å².